The van der Waals surface area contributed by atoms with E-state index in [1.165, 1.54) is 7.11 Å². The van der Waals surface area contributed by atoms with Crippen LogP contribution < -0.4 is 0 Å². The van der Waals surface area contributed by atoms with Crippen LogP contribution in [0.2, 0.25) is 18.1 Å². The van der Waals surface area contributed by atoms with Crippen LogP contribution in [0.1, 0.15) is 53.4 Å². The maximum absolute atomic E-state index is 11.4. The van der Waals surface area contributed by atoms with Crippen LogP contribution in [0, 0.1) is 0 Å². The standard InChI is InChI=1S/C12H22O2Si.C7H12O2/c1-9-7-10(8-11(9)13)14-15(5,6)12(2,3)4;1-3-4-5-6-7(8)9-2/h7,10H,8H2,1-6H3;3H,1,4-6H2,2H3. The van der Waals surface area contributed by atoms with Crippen LogP contribution >= 0.6 is 0 Å². The maximum atomic E-state index is 11.4. The van der Waals surface area contributed by atoms with Crippen molar-refractivity contribution < 1.29 is 18.8 Å². The summed E-state index contributed by atoms with van der Waals surface area (Å²) in [6.07, 6.45) is 6.57. The molecular weight excluding hydrogens is 320 g/mol. The van der Waals surface area contributed by atoms with E-state index in [1.807, 2.05) is 13.0 Å². The smallest absolute Gasteiger partial charge is 0.305 e. The van der Waals surface area contributed by atoms with Crippen molar-refractivity contribution in [2.45, 2.75) is 77.6 Å². The number of unbranched alkanes of at least 4 members (excludes halogenated alkanes) is 1. The summed E-state index contributed by atoms with van der Waals surface area (Å²) in [5.41, 5.74) is 0.860. The van der Waals surface area contributed by atoms with Crippen LogP contribution in [-0.2, 0) is 18.8 Å². The van der Waals surface area contributed by atoms with Gasteiger partial charge in [0.1, 0.15) is 0 Å². The first-order valence-corrected chi connectivity index (χ1v) is 11.4. The molecule has 138 valence electrons. The van der Waals surface area contributed by atoms with Gasteiger partial charge < -0.3 is 9.16 Å². The number of hydrogen-bond acceptors (Lipinski definition) is 4. The van der Waals surface area contributed by atoms with Gasteiger partial charge in [0.25, 0.3) is 0 Å². The van der Waals surface area contributed by atoms with Crippen molar-refractivity contribution >= 4 is 20.1 Å². The largest absolute Gasteiger partial charge is 0.469 e. The lowest BCUT2D eigenvalue weighted by molar-refractivity contribution is -0.140. The third-order valence-electron chi connectivity index (χ3n) is 4.53. The highest BCUT2D eigenvalue weighted by Crippen LogP contribution is 2.38. The molecule has 1 aliphatic carbocycles. The Morgan fingerprint density at radius 3 is 2.38 bits per heavy atom. The molecule has 1 unspecified atom stereocenters. The fourth-order valence-electron chi connectivity index (χ4n) is 1.90. The van der Waals surface area contributed by atoms with Gasteiger partial charge in [-0.3, -0.25) is 9.59 Å². The molecule has 0 saturated carbocycles. The Morgan fingerprint density at radius 2 is 2.00 bits per heavy atom. The number of Topliss-reactive ketones (excluding diaryl/α,β-unsaturated/α-hetero) is 1. The van der Waals surface area contributed by atoms with Gasteiger partial charge in [-0.1, -0.05) is 32.9 Å². The summed E-state index contributed by atoms with van der Waals surface area (Å²) < 4.78 is 10.6. The molecule has 0 fully saturated rings. The first kappa shape index (κ1) is 22.8. The first-order valence-electron chi connectivity index (χ1n) is 8.51. The highest BCUT2D eigenvalue weighted by molar-refractivity contribution is 6.74. The molecule has 0 amide bonds. The number of carbonyl (C=O) groups excluding carboxylic acids is 2. The number of carbonyl (C=O) groups is 2. The first-order chi connectivity index (χ1) is 10.9. The highest BCUT2D eigenvalue weighted by Gasteiger charge is 2.40. The molecule has 0 radical (unpaired) electrons. The Labute approximate surface area is 148 Å². The van der Waals surface area contributed by atoms with Crippen LogP contribution in [0.4, 0.5) is 0 Å². The topological polar surface area (TPSA) is 52.6 Å². The molecule has 0 N–H and O–H groups in total. The Kier molecular flexibility index (Phi) is 9.44. The average Bonchev–Trinajstić information content (AvgIpc) is 2.76. The summed E-state index contributed by atoms with van der Waals surface area (Å²) in [5, 5.41) is 0.209. The molecule has 1 aliphatic rings. The second-order valence-corrected chi connectivity index (χ2v) is 12.4. The van der Waals surface area contributed by atoms with Crippen LogP contribution in [-0.4, -0.2) is 33.3 Å². The zero-order valence-electron chi connectivity index (χ0n) is 16.4. The van der Waals surface area contributed by atoms with Gasteiger partial charge >= 0.3 is 5.97 Å². The fraction of sp³-hybridized carbons (Fsp3) is 0.684. The molecule has 0 spiro atoms. The summed E-state index contributed by atoms with van der Waals surface area (Å²) >= 11 is 0. The lowest BCUT2D eigenvalue weighted by atomic mass is 10.2. The van der Waals surface area contributed by atoms with Gasteiger partial charge in [0, 0.05) is 12.8 Å². The summed E-state index contributed by atoms with van der Waals surface area (Å²) in [5.74, 6) is 0.0931. The molecule has 1 atom stereocenters. The molecule has 24 heavy (non-hydrogen) atoms. The molecule has 5 heteroatoms. The van der Waals surface area contributed by atoms with Gasteiger partial charge in [-0.05, 0) is 43.5 Å². The average molecular weight is 355 g/mol. The van der Waals surface area contributed by atoms with Crippen molar-refractivity contribution in [1.82, 2.24) is 0 Å². The van der Waals surface area contributed by atoms with Gasteiger partial charge in [-0.15, -0.1) is 6.58 Å². The Balaban J connectivity index is 0.000000506. The van der Waals surface area contributed by atoms with E-state index in [-0.39, 0.29) is 22.9 Å². The third-order valence-corrected chi connectivity index (χ3v) is 9.04. The Morgan fingerprint density at radius 1 is 1.42 bits per heavy atom. The number of ether oxygens (including phenoxy) is 1. The van der Waals surface area contributed by atoms with E-state index in [1.54, 1.807) is 6.08 Å². The lowest BCUT2D eigenvalue weighted by Crippen LogP contribution is -2.43. The summed E-state index contributed by atoms with van der Waals surface area (Å²) in [7, 11) is -0.327. The van der Waals surface area contributed by atoms with Crippen molar-refractivity contribution in [2.75, 3.05) is 7.11 Å². The number of rotatable bonds is 6. The number of methoxy groups -OCH3 is 1. The monoisotopic (exact) mass is 354 g/mol. The van der Waals surface area contributed by atoms with Crippen molar-refractivity contribution in [3.63, 3.8) is 0 Å². The zero-order valence-corrected chi connectivity index (χ0v) is 17.4. The number of esters is 1. The second kappa shape index (κ2) is 9.94. The van der Waals surface area contributed by atoms with Crippen LogP contribution in [0.3, 0.4) is 0 Å². The van der Waals surface area contributed by atoms with E-state index in [2.05, 4.69) is 45.2 Å². The van der Waals surface area contributed by atoms with Crippen LogP contribution in [0.25, 0.3) is 0 Å². The molecule has 0 aromatic carbocycles. The van der Waals surface area contributed by atoms with Crippen LogP contribution in [0.5, 0.6) is 0 Å². The van der Waals surface area contributed by atoms with Gasteiger partial charge in [0.05, 0.1) is 13.2 Å². The Bertz CT molecular complexity index is 472. The Hall–Kier alpha value is -1.20. The fourth-order valence-corrected chi connectivity index (χ4v) is 3.16. The van der Waals surface area contributed by atoms with E-state index in [4.69, 9.17) is 4.43 Å². The van der Waals surface area contributed by atoms with Crippen molar-refractivity contribution in [3.8, 4) is 0 Å². The predicted octanol–water partition coefficient (Wildman–Crippen LogP) is 4.81. The summed E-state index contributed by atoms with van der Waals surface area (Å²) in [6, 6.07) is 0. The van der Waals surface area contributed by atoms with Crippen molar-refractivity contribution in [1.29, 1.82) is 0 Å². The minimum Gasteiger partial charge on any atom is -0.469 e. The lowest BCUT2D eigenvalue weighted by Gasteiger charge is -2.37. The van der Waals surface area contributed by atoms with E-state index in [9.17, 15) is 9.59 Å². The van der Waals surface area contributed by atoms with Crippen LogP contribution in [0.15, 0.2) is 24.3 Å². The third kappa shape index (κ3) is 8.06. The maximum Gasteiger partial charge on any atom is 0.305 e. The molecule has 4 nitrogen and oxygen atoms in total. The normalized spacial score (nSPS) is 17.7. The van der Waals surface area contributed by atoms with Crippen molar-refractivity contribution in [2.24, 2.45) is 0 Å². The molecule has 0 aromatic heterocycles. The number of hydrogen-bond donors (Lipinski definition) is 0. The van der Waals surface area contributed by atoms with Gasteiger partial charge in [0.2, 0.25) is 0 Å². The van der Waals surface area contributed by atoms with E-state index in [0.29, 0.717) is 12.8 Å². The molecule has 0 bridgehead atoms. The minimum absolute atomic E-state index is 0.0263. The van der Waals surface area contributed by atoms with E-state index >= 15 is 0 Å². The van der Waals surface area contributed by atoms with E-state index < -0.39 is 8.32 Å². The molecule has 0 saturated heterocycles. The van der Waals surface area contributed by atoms with E-state index in [0.717, 1.165) is 18.4 Å². The summed E-state index contributed by atoms with van der Waals surface area (Å²) in [4.78, 5) is 21.8. The molecule has 0 aromatic rings. The minimum atomic E-state index is -1.73. The van der Waals surface area contributed by atoms with Gasteiger partial charge in [-0.2, -0.15) is 0 Å². The molecule has 1 rings (SSSR count). The molecular formula is C19H34O4Si. The van der Waals surface area contributed by atoms with Crippen molar-refractivity contribution in [3.05, 3.63) is 24.3 Å². The molecule has 0 heterocycles. The van der Waals surface area contributed by atoms with Gasteiger partial charge in [0.15, 0.2) is 14.1 Å². The SMILES string of the molecule is C=CCCCC(=O)OC.CC1=CC(O[Si](C)(C)C(C)(C)C)CC1=O. The molecule has 0 aliphatic heterocycles. The second-order valence-electron chi connectivity index (χ2n) is 7.65. The number of allylic oxidation sites excluding steroid dienone is 2. The zero-order chi connectivity index (χ0) is 19.0. The number of ketones is 1. The van der Waals surface area contributed by atoms with Gasteiger partial charge in [-0.25, -0.2) is 0 Å². The summed E-state index contributed by atoms with van der Waals surface area (Å²) in [6.45, 7) is 16.5. The predicted molar refractivity (Wildman–Crippen MR) is 102 cm³/mol. The highest BCUT2D eigenvalue weighted by atomic mass is 28.4. The quantitative estimate of drug-likeness (QED) is 0.297.